The minimum Gasteiger partial charge on any atom is -1.00 e. The van der Waals surface area contributed by atoms with Crippen molar-refractivity contribution in [1.29, 1.82) is 0 Å². The Kier molecular flexibility index (Phi) is 10.0. The van der Waals surface area contributed by atoms with E-state index in [1.54, 1.807) is 28.5 Å². The Morgan fingerprint density at radius 1 is 0.510 bits per heavy atom. The largest absolute Gasteiger partial charge is 1.00 e. The molecule has 0 bridgehead atoms. The van der Waals surface area contributed by atoms with Gasteiger partial charge >= 0.3 is 70.8 Å². The minimum atomic E-state index is -0.122. The molecule has 4 aliphatic carbocycles. The zero-order chi connectivity index (χ0) is 33.2. The van der Waals surface area contributed by atoms with Gasteiger partial charge in [-0.05, 0) is 45.5 Å². The molecule has 0 aromatic heterocycles. The van der Waals surface area contributed by atoms with Crippen LogP contribution in [0.5, 0.6) is 0 Å². The summed E-state index contributed by atoms with van der Waals surface area (Å²) in [6, 6.07) is 48.6. The molecule has 0 radical (unpaired) electrons. The van der Waals surface area contributed by atoms with Gasteiger partial charge in [-0.3, -0.25) is 0 Å². The van der Waals surface area contributed by atoms with Gasteiger partial charge in [-0.2, -0.15) is 0 Å². The number of rotatable bonds is 1. The first-order chi connectivity index (χ1) is 24.0. The molecule has 0 saturated heterocycles. The Morgan fingerprint density at radius 2 is 0.922 bits per heavy atom. The third-order valence-electron chi connectivity index (χ3n) is 10.4. The number of hydrogen-bond acceptors (Lipinski definition) is 0. The van der Waals surface area contributed by atoms with Gasteiger partial charge < -0.3 is 24.8 Å². The second kappa shape index (κ2) is 14.3. The van der Waals surface area contributed by atoms with Crippen molar-refractivity contribution >= 4 is 44.3 Å². The summed E-state index contributed by atoms with van der Waals surface area (Å²) in [6.07, 6.45) is 6.69. The van der Waals surface area contributed by atoms with Gasteiger partial charge in [-0.15, -0.1) is 69.8 Å². The van der Waals surface area contributed by atoms with E-state index in [2.05, 4.69) is 160 Å². The summed E-state index contributed by atoms with van der Waals surface area (Å²) in [5, 5.41) is 7.06. The molecule has 0 saturated carbocycles. The van der Waals surface area contributed by atoms with Crippen LogP contribution in [0.1, 0.15) is 36.1 Å². The molecule has 0 unspecified atom stereocenters. The van der Waals surface area contributed by atoms with E-state index in [9.17, 15) is 0 Å². The van der Waals surface area contributed by atoms with Crippen LogP contribution in [-0.4, -0.2) is 5.43 Å². The molecule has 0 spiro atoms. The van der Waals surface area contributed by atoms with Crippen molar-refractivity contribution in [2.75, 3.05) is 0 Å². The monoisotopic (exact) mass is 786 g/mol. The number of fused-ring (bicyclic) bond motifs is 10. The third kappa shape index (κ3) is 6.05. The van der Waals surface area contributed by atoms with Crippen LogP contribution in [0.15, 0.2) is 126 Å². The van der Waals surface area contributed by atoms with Crippen LogP contribution in [0.2, 0.25) is 6.55 Å². The van der Waals surface area contributed by atoms with Crippen LogP contribution in [0.25, 0.3) is 78.2 Å². The van der Waals surface area contributed by atoms with Gasteiger partial charge in [0.25, 0.3) is 0 Å². The Labute approximate surface area is 328 Å². The molecule has 0 aliphatic heterocycles. The van der Waals surface area contributed by atoms with E-state index in [1.807, 2.05) is 0 Å². The predicted octanol–water partition coefficient (Wildman–Crippen LogP) is 5.56. The molecule has 4 heteroatoms. The smallest absolute Gasteiger partial charge is 1.00 e. The molecule has 246 valence electrons. The summed E-state index contributed by atoms with van der Waals surface area (Å²) in [5.74, 6) is 0. The van der Waals surface area contributed by atoms with E-state index in [4.69, 9.17) is 0 Å². The van der Waals surface area contributed by atoms with Crippen LogP contribution in [0, 0.1) is 12.1 Å². The molecule has 7 aromatic rings. The number of allylic oxidation sites excluding steroid dienone is 2. The van der Waals surface area contributed by atoms with Gasteiger partial charge in [0.2, 0.25) is 0 Å². The zero-order valence-corrected chi connectivity index (χ0v) is 33.8. The number of halogens is 2. The fourth-order valence-electron chi connectivity index (χ4n) is 8.27. The summed E-state index contributed by atoms with van der Waals surface area (Å²) in [4.78, 5) is 0. The van der Waals surface area contributed by atoms with Gasteiger partial charge in [-0.1, -0.05) is 120 Å². The van der Waals surface area contributed by atoms with E-state index >= 15 is 0 Å². The van der Waals surface area contributed by atoms with Gasteiger partial charge in [0.1, 0.15) is 0 Å². The van der Waals surface area contributed by atoms with E-state index in [-0.39, 0.29) is 30.2 Å². The molecule has 0 N–H and O–H groups in total. The summed E-state index contributed by atoms with van der Waals surface area (Å²) in [6.45, 7) is 6.77. The van der Waals surface area contributed by atoms with Crippen LogP contribution in [-0.2, 0) is 36.2 Å². The van der Waals surface area contributed by atoms with E-state index in [0.29, 0.717) is 0 Å². The standard InChI is InChI=1S/2C20H13.C7H8Si.2ClH.Zr/c2*1-12-10-14-8-9-16-15-6-2-4-13-5-3-7-17(19(13)15)20(16)18(14)11-12;1-8-7-5-3-2-4-6-7;;;/h2*2-7,9-10H,11H2,1H3;2-6H,1H3;2*1H;/q2*-1;;;;+2/p-2. The topological polar surface area (TPSA) is 0 Å². The molecular weight excluding hydrogens is 755 g/mol. The van der Waals surface area contributed by atoms with Gasteiger partial charge in [0, 0.05) is 0 Å². The van der Waals surface area contributed by atoms with Crippen LogP contribution in [0.4, 0.5) is 0 Å². The molecule has 0 nitrogen and oxygen atoms in total. The zero-order valence-electron chi connectivity index (χ0n) is 28.8. The molecule has 11 rings (SSSR count). The van der Waals surface area contributed by atoms with Gasteiger partial charge in [0.15, 0.2) is 0 Å². The molecule has 0 heterocycles. The maximum Gasteiger partial charge on any atom is -1.00 e. The Morgan fingerprint density at radius 3 is 1.31 bits per heavy atom. The molecule has 51 heavy (non-hydrogen) atoms. The van der Waals surface area contributed by atoms with Gasteiger partial charge in [-0.25, -0.2) is 0 Å². The summed E-state index contributed by atoms with van der Waals surface area (Å²) in [5.41, 5.74) is 19.4. The second-order valence-corrected chi connectivity index (χ2v) is 21.0. The Bertz CT molecular complexity index is 2430. The van der Waals surface area contributed by atoms with Crippen LogP contribution >= 0.6 is 0 Å². The van der Waals surface area contributed by atoms with Crippen molar-refractivity contribution in [3.8, 4) is 44.5 Å². The minimum absolute atomic E-state index is 0. The average Bonchev–Trinajstić information content (AvgIpc) is 3.88. The van der Waals surface area contributed by atoms with Crippen molar-refractivity contribution in [1.82, 2.24) is 0 Å². The molecular formula is C47H34Cl2SiZr-2. The van der Waals surface area contributed by atoms with Crippen LogP contribution < -0.4 is 30.0 Å². The molecule has 0 amide bonds. The molecule has 4 aliphatic rings. The summed E-state index contributed by atoms with van der Waals surface area (Å²) >= 11 is 1.69. The SMILES string of the molecule is CC1=Cc2[c-]cc3c(c2C1)-c1cccc2cccc-3c12.CC1=Cc2[c-]cc3c(c2C1)-c1cccc2cccc-3c12.C[Si](=[Zr+2])c1ccccc1.[Cl-].[Cl-]. The summed E-state index contributed by atoms with van der Waals surface area (Å²) in [7, 11) is 0. The Hall–Kier alpha value is -3.78. The van der Waals surface area contributed by atoms with Crippen molar-refractivity contribution in [3.63, 3.8) is 0 Å². The van der Waals surface area contributed by atoms with Crippen molar-refractivity contribution in [3.05, 3.63) is 161 Å². The third-order valence-corrected chi connectivity index (χ3v) is 13.7. The normalized spacial score (nSPS) is 12.9. The number of hydrogen-bond donors (Lipinski definition) is 0. The maximum atomic E-state index is 3.48. The first-order valence-corrected chi connectivity index (χ1v) is 22.8. The van der Waals surface area contributed by atoms with Crippen molar-refractivity contribution in [2.24, 2.45) is 0 Å². The van der Waals surface area contributed by atoms with E-state index in [0.717, 1.165) is 12.8 Å². The molecule has 0 atom stereocenters. The second-order valence-electron chi connectivity index (χ2n) is 13.7. The average molecular weight is 789 g/mol. The van der Waals surface area contributed by atoms with Gasteiger partial charge in [0.05, 0.1) is 0 Å². The fourth-order valence-corrected chi connectivity index (χ4v) is 10.2. The fraction of sp³-hybridized carbons (Fsp3) is 0.106. The van der Waals surface area contributed by atoms with Crippen LogP contribution in [0.3, 0.4) is 0 Å². The van der Waals surface area contributed by atoms with E-state index in [1.165, 1.54) is 99.5 Å². The predicted molar refractivity (Wildman–Crippen MR) is 207 cm³/mol. The first-order valence-electron chi connectivity index (χ1n) is 17.1. The molecule has 7 aromatic carbocycles. The summed E-state index contributed by atoms with van der Waals surface area (Å²) < 4.78 is 0. The van der Waals surface area contributed by atoms with Crippen molar-refractivity contribution < 1.29 is 48.1 Å². The Balaban J connectivity index is 0.000000126. The quantitative estimate of drug-likeness (QED) is 0.151. The maximum absolute atomic E-state index is 3.48. The van der Waals surface area contributed by atoms with Crippen molar-refractivity contribution in [2.45, 2.75) is 33.2 Å². The first kappa shape index (κ1) is 35.6. The van der Waals surface area contributed by atoms with E-state index < -0.39 is 0 Å². The molecule has 0 fully saturated rings. The number of benzene rings is 7.